The molecule has 20 heavy (non-hydrogen) atoms. The lowest BCUT2D eigenvalue weighted by molar-refractivity contribution is 0.632. The second kappa shape index (κ2) is 4.98. The number of fused-ring (bicyclic) bond motifs is 1. The first-order chi connectivity index (χ1) is 9.63. The smallest absolute Gasteiger partial charge is 0.148 e. The summed E-state index contributed by atoms with van der Waals surface area (Å²) in [4.78, 5) is 4.25. The topological polar surface area (TPSA) is 50.9 Å². The Morgan fingerprint density at radius 2 is 1.90 bits per heavy atom. The summed E-state index contributed by atoms with van der Waals surface area (Å²) in [5, 5.41) is 4.28. The molecule has 0 saturated heterocycles. The minimum Gasteiger partial charge on any atom is -0.399 e. The molecule has 0 fully saturated rings. The molecule has 1 heterocycles. The third kappa shape index (κ3) is 2.38. The van der Waals surface area contributed by atoms with Gasteiger partial charge in [0.05, 0.1) is 11.2 Å². The number of pyridine rings is 1. The molecular weight excluding hydrogens is 277 g/mol. The number of hydrogen-bond acceptors (Lipinski definition) is 3. The molecule has 3 aromatic rings. The van der Waals surface area contributed by atoms with E-state index in [1.54, 1.807) is 36.5 Å². The third-order valence-corrected chi connectivity index (χ3v) is 3.20. The molecule has 3 N–H and O–H groups in total. The van der Waals surface area contributed by atoms with Gasteiger partial charge in [0.2, 0.25) is 0 Å². The van der Waals surface area contributed by atoms with Crippen molar-refractivity contribution in [1.82, 2.24) is 4.98 Å². The monoisotopic (exact) mass is 287 g/mol. The number of anilines is 3. The highest BCUT2D eigenvalue weighted by Gasteiger charge is 2.06. The SMILES string of the molecule is Nc1ccc2c(Nc3ccc(Cl)cc3F)ccnc2c1. The average molecular weight is 288 g/mol. The molecule has 0 aliphatic carbocycles. The van der Waals surface area contributed by atoms with Crippen LogP contribution in [-0.2, 0) is 0 Å². The van der Waals surface area contributed by atoms with Crippen LogP contribution >= 0.6 is 11.6 Å². The molecule has 0 aliphatic heterocycles. The van der Waals surface area contributed by atoms with E-state index in [4.69, 9.17) is 17.3 Å². The van der Waals surface area contributed by atoms with Gasteiger partial charge in [-0.25, -0.2) is 4.39 Å². The fraction of sp³-hybridized carbons (Fsp3) is 0. The molecule has 2 aromatic carbocycles. The molecular formula is C15H11ClFN3. The Kier molecular flexibility index (Phi) is 3.16. The maximum Gasteiger partial charge on any atom is 0.148 e. The number of halogens is 2. The Bertz CT molecular complexity index is 789. The lowest BCUT2D eigenvalue weighted by atomic mass is 10.1. The van der Waals surface area contributed by atoms with Gasteiger partial charge in [-0.1, -0.05) is 11.6 Å². The second-order valence-corrected chi connectivity index (χ2v) is 4.82. The van der Waals surface area contributed by atoms with Crippen molar-refractivity contribution in [1.29, 1.82) is 0 Å². The third-order valence-electron chi connectivity index (χ3n) is 2.97. The Labute approximate surface area is 120 Å². The van der Waals surface area contributed by atoms with Crippen LogP contribution in [0.2, 0.25) is 5.02 Å². The fourth-order valence-electron chi connectivity index (χ4n) is 2.01. The van der Waals surface area contributed by atoms with Crippen molar-refractivity contribution in [3.63, 3.8) is 0 Å². The number of benzene rings is 2. The Morgan fingerprint density at radius 3 is 2.70 bits per heavy atom. The highest BCUT2D eigenvalue weighted by atomic mass is 35.5. The van der Waals surface area contributed by atoms with Gasteiger partial charge in [-0.05, 0) is 42.5 Å². The first-order valence-electron chi connectivity index (χ1n) is 6.00. The summed E-state index contributed by atoms with van der Waals surface area (Å²) in [6.07, 6.45) is 1.65. The largest absolute Gasteiger partial charge is 0.399 e. The van der Waals surface area contributed by atoms with E-state index in [-0.39, 0.29) is 0 Å². The van der Waals surface area contributed by atoms with Crippen LogP contribution in [0.3, 0.4) is 0 Å². The molecule has 0 spiro atoms. The van der Waals surface area contributed by atoms with Gasteiger partial charge in [0.25, 0.3) is 0 Å². The molecule has 100 valence electrons. The van der Waals surface area contributed by atoms with Crippen LogP contribution in [0.15, 0.2) is 48.7 Å². The molecule has 0 aliphatic rings. The van der Waals surface area contributed by atoms with Gasteiger partial charge in [-0.15, -0.1) is 0 Å². The second-order valence-electron chi connectivity index (χ2n) is 4.38. The van der Waals surface area contributed by atoms with E-state index < -0.39 is 5.82 Å². The van der Waals surface area contributed by atoms with Gasteiger partial charge in [0.15, 0.2) is 0 Å². The fourth-order valence-corrected chi connectivity index (χ4v) is 2.17. The molecule has 0 bridgehead atoms. The summed E-state index contributed by atoms with van der Waals surface area (Å²) in [6.45, 7) is 0. The minimum atomic E-state index is -0.405. The highest BCUT2D eigenvalue weighted by Crippen LogP contribution is 2.28. The van der Waals surface area contributed by atoms with E-state index in [0.717, 1.165) is 16.6 Å². The highest BCUT2D eigenvalue weighted by molar-refractivity contribution is 6.30. The van der Waals surface area contributed by atoms with Gasteiger partial charge in [-0.3, -0.25) is 4.98 Å². The van der Waals surface area contributed by atoms with E-state index in [1.807, 2.05) is 6.07 Å². The predicted molar refractivity (Wildman–Crippen MR) is 80.8 cm³/mol. The van der Waals surface area contributed by atoms with Crippen molar-refractivity contribution in [3.8, 4) is 0 Å². The number of nitrogens with two attached hydrogens (primary N) is 1. The van der Waals surface area contributed by atoms with E-state index in [1.165, 1.54) is 6.07 Å². The van der Waals surface area contributed by atoms with Crippen molar-refractivity contribution in [2.75, 3.05) is 11.1 Å². The van der Waals surface area contributed by atoms with Crippen molar-refractivity contribution in [2.24, 2.45) is 0 Å². The van der Waals surface area contributed by atoms with Crippen LogP contribution in [-0.4, -0.2) is 4.98 Å². The van der Waals surface area contributed by atoms with Crippen molar-refractivity contribution in [2.45, 2.75) is 0 Å². The summed E-state index contributed by atoms with van der Waals surface area (Å²) in [5.41, 5.74) is 8.25. The van der Waals surface area contributed by atoms with Crippen LogP contribution in [0.1, 0.15) is 0 Å². The van der Waals surface area contributed by atoms with Gasteiger partial charge in [0.1, 0.15) is 5.82 Å². The van der Waals surface area contributed by atoms with Gasteiger partial charge in [0, 0.05) is 28.0 Å². The average Bonchev–Trinajstić information content (AvgIpc) is 2.41. The minimum absolute atomic E-state index is 0.360. The van der Waals surface area contributed by atoms with E-state index in [0.29, 0.717) is 16.4 Å². The Morgan fingerprint density at radius 1 is 1.05 bits per heavy atom. The zero-order chi connectivity index (χ0) is 14.1. The van der Waals surface area contributed by atoms with Crippen LogP contribution < -0.4 is 11.1 Å². The van der Waals surface area contributed by atoms with Gasteiger partial charge >= 0.3 is 0 Å². The van der Waals surface area contributed by atoms with Gasteiger partial charge < -0.3 is 11.1 Å². The molecule has 0 amide bonds. The summed E-state index contributed by atoms with van der Waals surface area (Å²) in [5.74, 6) is -0.405. The number of nitrogens with zero attached hydrogens (tertiary/aromatic N) is 1. The first-order valence-corrected chi connectivity index (χ1v) is 6.37. The first kappa shape index (κ1) is 12.7. The number of nitrogens with one attached hydrogen (secondary N) is 1. The van der Waals surface area contributed by atoms with Crippen LogP contribution in [0.25, 0.3) is 10.9 Å². The maximum atomic E-state index is 13.8. The molecule has 0 unspecified atom stereocenters. The summed E-state index contributed by atoms with van der Waals surface area (Å²) in [7, 11) is 0. The predicted octanol–water partition coefficient (Wildman–Crippen LogP) is 4.35. The lowest BCUT2D eigenvalue weighted by Crippen LogP contribution is -1.96. The standard InChI is InChI=1S/C15H11ClFN3/c16-9-1-4-14(12(17)7-9)20-13-5-6-19-15-8-10(18)2-3-11(13)15/h1-8H,18H2,(H,19,20). The lowest BCUT2D eigenvalue weighted by Gasteiger charge is -2.10. The van der Waals surface area contributed by atoms with E-state index in [9.17, 15) is 4.39 Å². The zero-order valence-corrected chi connectivity index (χ0v) is 11.2. The Balaban J connectivity index is 2.06. The van der Waals surface area contributed by atoms with Crippen LogP contribution in [0.4, 0.5) is 21.5 Å². The van der Waals surface area contributed by atoms with Crippen LogP contribution in [0.5, 0.6) is 0 Å². The summed E-state index contributed by atoms with van der Waals surface area (Å²) >= 11 is 5.74. The number of rotatable bonds is 2. The quantitative estimate of drug-likeness (QED) is 0.689. The van der Waals surface area contributed by atoms with Crippen LogP contribution in [0, 0.1) is 5.82 Å². The number of nitrogen functional groups attached to an aromatic ring is 1. The molecule has 0 atom stereocenters. The molecule has 5 heteroatoms. The summed E-state index contributed by atoms with van der Waals surface area (Å²) < 4.78 is 13.8. The molecule has 0 radical (unpaired) electrons. The number of hydrogen-bond donors (Lipinski definition) is 2. The van der Waals surface area contributed by atoms with Gasteiger partial charge in [-0.2, -0.15) is 0 Å². The van der Waals surface area contributed by atoms with Crippen molar-refractivity contribution >= 4 is 39.6 Å². The van der Waals surface area contributed by atoms with E-state index in [2.05, 4.69) is 10.3 Å². The molecule has 1 aromatic heterocycles. The number of aromatic nitrogens is 1. The Hall–Kier alpha value is -2.33. The molecule has 3 rings (SSSR count). The summed E-state index contributed by atoms with van der Waals surface area (Å²) in [6, 6.07) is 11.7. The maximum absolute atomic E-state index is 13.8. The normalized spacial score (nSPS) is 10.7. The molecule has 3 nitrogen and oxygen atoms in total. The van der Waals surface area contributed by atoms with Crippen molar-refractivity contribution < 1.29 is 4.39 Å². The van der Waals surface area contributed by atoms with Crippen molar-refractivity contribution in [3.05, 3.63) is 59.5 Å². The van der Waals surface area contributed by atoms with E-state index >= 15 is 0 Å². The molecule has 0 saturated carbocycles. The zero-order valence-electron chi connectivity index (χ0n) is 10.4.